The molecule has 0 N–H and O–H groups in total. The van der Waals surface area contributed by atoms with Gasteiger partial charge in [0, 0.05) is 12.4 Å². The highest BCUT2D eigenvalue weighted by molar-refractivity contribution is 8.02. The largest absolute Gasteiger partial charge is 0.254 e. The van der Waals surface area contributed by atoms with Gasteiger partial charge in [0.25, 0.3) is 0 Å². The number of rotatable bonds is 2. The van der Waals surface area contributed by atoms with Crippen LogP contribution in [0.4, 0.5) is 0 Å². The second kappa shape index (κ2) is 4.82. The van der Waals surface area contributed by atoms with Crippen molar-refractivity contribution in [3.05, 3.63) is 34.1 Å². The summed E-state index contributed by atoms with van der Waals surface area (Å²) < 4.78 is 0. The van der Waals surface area contributed by atoms with Crippen LogP contribution in [0.15, 0.2) is 23.4 Å². The SMILES string of the molecule is C=c1nccn/c1=C/C=C(\C)SC. The lowest BCUT2D eigenvalue weighted by Crippen LogP contribution is -2.28. The summed E-state index contributed by atoms with van der Waals surface area (Å²) >= 11 is 1.71. The molecule has 0 aliphatic carbocycles. The van der Waals surface area contributed by atoms with Crippen LogP contribution in [0.1, 0.15) is 6.92 Å². The topological polar surface area (TPSA) is 25.8 Å². The van der Waals surface area contributed by atoms with Crippen LogP contribution in [0.5, 0.6) is 0 Å². The molecule has 0 saturated carbocycles. The van der Waals surface area contributed by atoms with Crippen LogP contribution in [-0.2, 0) is 0 Å². The Kier molecular flexibility index (Phi) is 3.71. The fourth-order valence-corrected chi connectivity index (χ4v) is 0.985. The zero-order valence-electron chi connectivity index (χ0n) is 7.82. The van der Waals surface area contributed by atoms with E-state index in [4.69, 9.17) is 0 Å². The maximum atomic E-state index is 4.15. The molecule has 0 spiro atoms. The highest BCUT2D eigenvalue weighted by Gasteiger charge is 1.83. The van der Waals surface area contributed by atoms with Gasteiger partial charge in [0.1, 0.15) is 0 Å². The molecule has 0 fully saturated rings. The van der Waals surface area contributed by atoms with Crippen molar-refractivity contribution in [2.45, 2.75) is 6.92 Å². The first-order chi connectivity index (χ1) is 6.24. The Morgan fingerprint density at radius 1 is 1.46 bits per heavy atom. The molecular weight excluding hydrogens is 180 g/mol. The first-order valence-corrected chi connectivity index (χ1v) is 5.15. The minimum atomic E-state index is 0.715. The molecule has 0 unspecified atom stereocenters. The summed E-state index contributed by atoms with van der Waals surface area (Å²) in [6, 6.07) is 0. The van der Waals surface area contributed by atoms with E-state index in [-0.39, 0.29) is 0 Å². The van der Waals surface area contributed by atoms with Crippen molar-refractivity contribution >= 4 is 24.4 Å². The Balaban J connectivity index is 3.09. The zero-order valence-corrected chi connectivity index (χ0v) is 8.64. The standard InChI is InChI=1S/C10H12N2S/c1-8(13-3)4-5-10-9(2)11-6-7-12-10/h4-7H,2H2,1,3H3/b8-4+,10-5+. The minimum absolute atomic E-state index is 0.715. The van der Waals surface area contributed by atoms with Crippen molar-refractivity contribution in [2.75, 3.05) is 6.26 Å². The molecule has 1 heterocycles. The maximum absolute atomic E-state index is 4.15. The normalized spacial score (nSPS) is 13.4. The van der Waals surface area contributed by atoms with Crippen molar-refractivity contribution in [2.24, 2.45) is 0 Å². The summed E-state index contributed by atoms with van der Waals surface area (Å²) in [5, 5.41) is 1.54. The Hall–Kier alpha value is -1.09. The number of aromatic nitrogens is 2. The third kappa shape index (κ3) is 3.03. The molecule has 3 heteroatoms. The van der Waals surface area contributed by atoms with Gasteiger partial charge in [-0.05, 0) is 24.2 Å². The van der Waals surface area contributed by atoms with Gasteiger partial charge in [0.15, 0.2) is 0 Å². The number of allylic oxidation sites excluding steroid dienone is 2. The Morgan fingerprint density at radius 3 is 2.77 bits per heavy atom. The van der Waals surface area contributed by atoms with E-state index in [1.165, 1.54) is 4.91 Å². The average Bonchev–Trinajstić information content (AvgIpc) is 2.16. The second-order valence-corrected chi connectivity index (χ2v) is 3.59. The van der Waals surface area contributed by atoms with E-state index in [2.05, 4.69) is 23.5 Å². The summed E-state index contributed by atoms with van der Waals surface area (Å²) in [6.45, 7) is 5.84. The number of hydrogen-bond donors (Lipinski definition) is 0. The Labute approximate surface area is 82.1 Å². The molecule has 13 heavy (non-hydrogen) atoms. The monoisotopic (exact) mass is 192 g/mol. The number of hydrogen-bond acceptors (Lipinski definition) is 3. The lowest BCUT2D eigenvalue weighted by molar-refractivity contribution is 1.10. The van der Waals surface area contributed by atoms with Crippen LogP contribution in [-0.4, -0.2) is 16.2 Å². The van der Waals surface area contributed by atoms with E-state index in [1.807, 2.05) is 18.4 Å². The average molecular weight is 192 g/mol. The summed E-state index contributed by atoms with van der Waals surface area (Å²) in [4.78, 5) is 9.43. The van der Waals surface area contributed by atoms with E-state index in [9.17, 15) is 0 Å². The lowest BCUT2D eigenvalue weighted by Gasteiger charge is -1.89. The summed E-state index contributed by atoms with van der Waals surface area (Å²) in [5.41, 5.74) is 0. The van der Waals surface area contributed by atoms with Crippen molar-refractivity contribution in [3.8, 4) is 0 Å². The van der Waals surface area contributed by atoms with Gasteiger partial charge in [-0.2, -0.15) is 0 Å². The van der Waals surface area contributed by atoms with Crippen LogP contribution < -0.4 is 10.7 Å². The molecule has 0 aliphatic heterocycles. The van der Waals surface area contributed by atoms with Gasteiger partial charge in [-0.3, -0.25) is 9.97 Å². The molecule has 1 aromatic heterocycles. The van der Waals surface area contributed by atoms with Crippen molar-refractivity contribution in [3.63, 3.8) is 0 Å². The third-order valence-electron chi connectivity index (χ3n) is 1.60. The van der Waals surface area contributed by atoms with E-state index in [0.717, 1.165) is 5.35 Å². The summed E-state index contributed by atoms with van der Waals surface area (Å²) in [7, 11) is 0. The molecule has 2 nitrogen and oxygen atoms in total. The summed E-state index contributed by atoms with van der Waals surface area (Å²) in [6.07, 6.45) is 9.31. The van der Waals surface area contributed by atoms with Crippen molar-refractivity contribution in [1.29, 1.82) is 0 Å². The van der Waals surface area contributed by atoms with Crippen LogP contribution in [0.3, 0.4) is 0 Å². The summed E-state index contributed by atoms with van der Waals surface area (Å²) in [5.74, 6) is 0. The van der Waals surface area contributed by atoms with Gasteiger partial charge >= 0.3 is 0 Å². The third-order valence-corrected chi connectivity index (χ3v) is 2.38. The second-order valence-electron chi connectivity index (χ2n) is 2.54. The van der Waals surface area contributed by atoms with Crippen LogP contribution in [0.25, 0.3) is 12.7 Å². The molecule has 0 bridgehead atoms. The van der Waals surface area contributed by atoms with Crippen molar-refractivity contribution in [1.82, 2.24) is 9.97 Å². The molecule has 1 rings (SSSR count). The predicted octanol–water partition coefficient (Wildman–Crippen LogP) is 0.934. The molecule has 0 aliphatic rings. The Morgan fingerprint density at radius 2 is 2.15 bits per heavy atom. The van der Waals surface area contributed by atoms with Gasteiger partial charge in [0.2, 0.25) is 0 Å². The van der Waals surface area contributed by atoms with Crippen LogP contribution >= 0.6 is 11.8 Å². The van der Waals surface area contributed by atoms with Gasteiger partial charge in [-0.1, -0.05) is 12.7 Å². The number of thioether (sulfide) groups is 1. The van der Waals surface area contributed by atoms with E-state index in [0.29, 0.717) is 5.35 Å². The molecule has 0 radical (unpaired) electrons. The Bertz CT molecular complexity index is 409. The minimum Gasteiger partial charge on any atom is -0.254 e. The molecular formula is C10H12N2S. The zero-order chi connectivity index (χ0) is 9.68. The molecule has 68 valence electrons. The molecule has 0 aromatic carbocycles. The van der Waals surface area contributed by atoms with Crippen molar-refractivity contribution < 1.29 is 0 Å². The van der Waals surface area contributed by atoms with E-state index in [1.54, 1.807) is 24.2 Å². The van der Waals surface area contributed by atoms with Crippen LogP contribution in [0, 0.1) is 0 Å². The maximum Gasteiger partial charge on any atom is 0.0880 e. The first-order valence-electron chi connectivity index (χ1n) is 3.92. The molecule has 0 amide bonds. The predicted molar refractivity (Wildman–Crippen MR) is 58.5 cm³/mol. The fourth-order valence-electron chi connectivity index (χ4n) is 0.781. The first kappa shape index (κ1) is 9.99. The highest BCUT2D eigenvalue weighted by atomic mass is 32.2. The quantitative estimate of drug-likeness (QED) is 0.697. The number of nitrogens with zero attached hydrogens (tertiary/aromatic N) is 2. The van der Waals surface area contributed by atoms with Gasteiger partial charge < -0.3 is 0 Å². The molecule has 0 saturated heterocycles. The molecule has 1 aromatic rings. The fraction of sp³-hybridized carbons (Fsp3) is 0.200. The van der Waals surface area contributed by atoms with Gasteiger partial charge in [-0.15, -0.1) is 11.8 Å². The van der Waals surface area contributed by atoms with Crippen LogP contribution in [0.2, 0.25) is 0 Å². The van der Waals surface area contributed by atoms with E-state index < -0.39 is 0 Å². The van der Waals surface area contributed by atoms with Gasteiger partial charge in [0.05, 0.1) is 10.7 Å². The van der Waals surface area contributed by atoms with E-state index >= 15 is 0 Å². The van der Waals surface area contributed by atoms with Gasteiger partial charge in [-0.25, -0.2) is 0 Å². The highest BCUT2D eigenvalue weighted by Crippen LogP contribution is 2.08. The molecule has 0 atom stereocenters. The lowest BCUT2D eigenvalue weighted by atomic mass is 10.4. The smallest absolute Gasteiger partial charge is 0.0880 e.